The molecule has 5 nitrogen and oxygen atoms in total. The fourth-order valence-corrected chi connectivity index (χ4v) is 1.69. The van der Waals surface area contributed by atoms with Crippen molar-refractivity contribution in [1.82, 2.24) is 9.88 Å². The SMILES string of the molecule is CCC(C(=O)OC)C(=O)N(C)Cc1cccnc1. The fraction of sp³-hybridized carbons (Fsp3) is 0.462. The number of carbonyl (C=O) groups is 2. The normalized spacial score (nSPS) is 11.7. The molecule has 0 aliphatic rings. The van der Waals surface area contributed by atoms with Crippen LogP contribution < -0.4 is 0 Å². The van der Waals surface area contributed by atoms with Crippen LogP contribution in [0, 0.1) is 5.92 Å². The van der Waals surface area contributed by atoms with Gasteiger partial charge < -0.3 is 9.64 Å². The summed E-state index contributed by atoms with van der Waals surface area (Å²) in [4.78, 5) is 29.0. The minimum Gasteiger partial charge on any atom is -0.468 e. The Labute approximate surface area is 107 Å². The van der Waals surface area contributed by atoms with Crippen LogP contribution in [0.2, 0.25) is 0 Å². The quantitative estimate of drug-likeness (QED) is 0.582. The molecule has 98 valence electrons. The zero-order valence-electron chi connectivity index (χ0n) is 10.9. The van der Waals surface area contributed by atoms with Crippen LogP contribution in [0.3, 0.4) is 0 Å². The lowest BCUT2D eigenvalue weighted by atomic mass is 10.1. The lowest BCUT2D eigenvalue weighted by Crippen LogP contribution is -2.36. The first-order valence-electron chi connectivity index (χ1n) is 5.81. The monoisotopic (exact) mass is 250 g/mol. The highest BCUT2D eigenvalue weighted by Crippen LogP contribution is 2.11. The molecular formula is C13H18N2O3. The molecular weight excluding hydrogens is 232 g/mol. The maximum Gasteiger partial charge on any atom is 0.318 e. The largest absolute Gasteiger partial charge is 0.468 e. The number of methoxy groups -OCH3 is 1. The first-order chi connectivity index (χ1) is 8.60. The Kier molecular flexibility index (Phi) is 5.30. The summed E-state index contributed by atoms with van der Waals surface area (Å²) in [6.07, 6.45) is 3.81. The van der Waals surface area contributed by atoms with Crippen molar-refractivity contribution in [2.75, 3.05) is 14.2 Å². The van der Waals surface area contributed by atoms with Gasteiger partial charge in [-0.15, -0.1) is 0 Å². The fourth-order valence-electron chi connectivity index (χ4n) is 1.69. The smallest absolute Gasteiger partial charge is 0.318 e. The minimum absolute atomic E-state index is 0.229. The topological polar surface area (TPSA) is 59.5 Å². The van der Waals surface area contributed by atoms with Crippen LogP contribution in [-0.2, 0) is 20.9 Å². The third kappa shape index (κ3) is 3.55. The number of esters is 1. The molecule has 1 aromatic rings. The van der Waals surface area contributed by atoms with Crippen molar-refractivity contribution in [3.8, 4) is 0 Å². The van der Waals surface area contributed by atoms with Gasteiger partial charge in [0.2, 0.25) is 5.91 Å². The Bertz CT molecular complexity index is 406. The third-order valence-corrected chi connectivity index (χ3v) is 2.71. The van der Waals surface area contributed by atoms with E-state index in [4.69, 9.17) is 0 Å². The van der Waals surface area contributed by atoms with Gasteiger partial charge in [0.15, 0.2) is 0 Å². The molecule has 5 heteroatoms. The molecule has 1 rings (SSSR count). The minimum atomic E-state index is -0.725. The highest BCUT2D eigenvalue weighted by atomic mass is 16.5. The van der Waals surface area contributed by atoms with Gasteiger partial charge in [0.1, 0.15) is 5.92 Å². The number of nitrogens with zero attached hydrogens (tertiary/aromatic N) is 2. The second-order valence-electron chi connectivity index (χ2n) is 4.04. The molecule has 0 bridgehead atoms. The highest BCUT2D eigenvalue weighted by Gasteiger charge is 2.28. The standard InChI is InChI=1S/C13H18N2O3/c1-4-11(13(17)18-3)12(16)15(2)9-10-6-5-7-14-8-10/h5-8,11H,4,9H2,1-3H3. The molecule has 0 saturated carbocycles. The van der Waals surface area contributed by atoms with E-state index in [2.05, 4.69) is 9.72 Å². The molecule has 0 aliphatic carbocycles. The summed E-state index contributed by atoms with van der Waals surface area (Å²) < 4.78 is 4.63. The van der Waals surface area contributed by atoms with Crippen molar-refractivity contribution in [2.45, 2.75) is 19.9 Å². The Morgan fingerprint density at radius 2 is 2.22 bits per heavy atom. The van der Waals surface area contributed by atoms with Crippen molar-refractivity contribution >= 4 is 11.9 Å². The van der Waals surface area contributed by atoms with Gasteiger partial charge in [-0.25, -0.2) is 0 Å². The van der Waals surface area contributed by atoms with Crippen LogP contribution in [0.5, 0.6) is 0 Å². The van der Waals surface area contributed by atoms with Gasteiger partial charge in [0, 0.05) is 26.0 Å². The summed E-state index contributed by atoms with van der Waals surface area (Å²) in [5.74, 6) is -1.44. The molecule has 18 heavy (non-hydrogen) atoms. The average molecular weight is 250 g/mol. The van der Waals surface area contributed by atoms with E-state index < -0.39 is 11.9 Å². The van der Waals surface area contributed by atoms with Crippen molar-refractivity contribution in [3.63, 3.8) is 0 Å². The molecule has 1 unspecified atom stereocenters. The lowest BCUT2D eigenvalue weighted by molar-refractivity contribution is -0.153. The molecule has 0 radical (unpaired) electrons. The van der Waals surface area contributed by atoms with E-state index in [1.54, 1.807) is 26.4 Å². The summed E-state index contributed by atoms with van der Waals surface area (Å²) in [5, 5.41) is 0. The molecule has 0 fully saturated rings. The number of aromatic nitrogens is 1. The lowest BCUT2D eigenvalue weighted by Gasteiger charge is -2.21. The summed E-state index contributed by atoms with van der Waals surface area (Å²) in [6.45, 7) is 2.22. The molecule has 1 heterocycles. The number of carbonyl (C=O) groups excluding carboxylic acids is 2. The molecule has 1 atom stereocenters. The van der Waals surface area contributed by atoms with E-state index in [9.17, 15) is 9.59 Å². The van der Waals surface area contributed by atoms with Crippen molar-refractivity contribution in [1.29, 1.82) is 0 Å². The molecule has 0 spiro atoms. The maximum atomic E-state index is 12.1. The van der Waals surface area contributed by atoms with Crippen LogP contribution in [-0.4, -0.2) is 35.9 Å². The summed E-state index contributed by atoms with van der Waals surface area (Å²) in [7, 11) is 2.96. The van der Waals surface area contributed by atoms with Gasteiger partial charge in [0.25, 0.3) is 0 Å². The zero-order valence-corrected chi connectivity index (χ0v) is 10.9. The van der Waals surface area contributed by atoms with Gasteiger partial charge >= 0.3 is 5.97 Å². The second-order valence-corrected chi connectivity index (χ2v) is 4.04. The van der Waals surface area contributed by atoms with Crippen LogP contribution in [0.1, 0.15) is 18.9 Å². The summed E-state index contributed by atoms with van der Waals surface area (Å²) >= 11 is 0. The van der Waals surface area contributed by atoms with E-state index >= 15 is 0 Å². The van der Waals surface area contributed by atoms with E-state index in [1.807, 2.05) is 12.1 Å². The number of pyridine rings is 1. The highest BCUT2D eigenvalue weighted by molar-refractivity contribution is 5.97. The summed E-state index contributed by atoms with van der Waals surface area (Å²) in [6, 6.07) is 3.70. The first kappa shape index (κ1) is 14.2. The van der Waals surface area contributed by atoms with E-state index in [1.165, 1.54) is 12.0 Å². The number of ether oxygens (including phenoxy) is 1. The predicted octanol–water partition coefficient (Wildman–Crippen LogP) is 1.24. The molecule has 0 saturated heterocycles. The van der Waals surface area contributed by atoms with Gasteiger partial charge in [-0.3, -0.25) is 14.6 Å². The van der Waals surface area contributed by atoms with Gasteiger partial charge in [-0.2, -0.15) is 0 Å². The molecule has 0 aromatic carbocycles. The second kappa shape index (κ2) is 6.74. The van der Waals surface area contributed by atoms with Crippen LogP contribution in [0.15, 0.2) is 24.5 Å². The van der Waals surface area contributed by atoms with E-state index in [0.29, 0.717) is 13.0 Å². The van der Waals surface area contributed by atoms with E-state index in [-0.39, 0.29) is 5.91 Å². The van der Waals surface area contributed by atoms with E-state index in [0.717, 1.165) is 5.56 Å². The zero-order chi connectivity index (χ0) is 13.5. The Morgan fingerprint density at radius 3 is 2.72 bits per heavy atom. The summed E-state index contributed by atoms with van der Waals surface area (Å²) in [5.41, 5.74) is 0.924. The molecule has 1 aromatic heterocycles. The van der Waals surface area contributed by atoms with Gasteiger partial charge in [0.05, 0.1) is 7.11 Å². The molecule has 0 N–H and O–H groups in total. The first-order valence-corrected chi connectivity index (χ1v) is 5.81. The predicted molar refractivity (Wildman–Crippen MR) is 66.5 cm³/mol. The number of amides is 1. The number of hydrogen-bond acceptors (Lipinski definition) is 4. The van der Waals surface area contributed by atoms with Crippen LogP contribution in [0.25, 0.3) is 0 Å². The van der Waals surface area contributed by atoms with Gasteiger partial charge in [-0.05, 0) is 18.1 Å². The Balaban J connectivity index is 2.68. The van der Waals surface area contributed by atoms with Crippen molar-refractivity contribution < 1.29 is 14.3 Å². The van der Waals surface area contributed by atoms with Crippen LogP contribution in [0.4, 0.5) is 0 Å². The Morgan fingerprint density at radius 1 is 1.50 bits per heavy atom. The molecule has 0 aliphatic heterocycles. The number of rotatable bonds is 5. The molecule has 1 amide bonds. The third-order valence-electron chi connectivity index (χ3n) is 2.71. The maximum absolute atomic E-state index is 12.1. The van der Waals surface area contributed by atoms with Crippen molar-refractivity contribution in [3.05, 3.63) is 30.1 Å². The Hall–Kier alpha value is -1.91. The van der Waals surface area contributed by atoms with Gasteiger partial charge in [-0.1, -0.05) is 13.0 Å². The van der Waals surface area contributed by atoms with Crippen molar-refractivity contribution in [2.24, 2.45) is 5.92 Å². The van der Waals surface area contributed by atoms with Crippen LogP contribution >= 0.6 is 0 Å². The average Bonchev–Trinajstić information content (AvgIpc) is 2.40. The number of hydrogen-bond donors (Lipinski definition) is 0.